The van der Waals surface area contributed by atoms with Crippen molar-refractivity contribution in [2.45, 2.75) is 26.7 Å². The fraction of sp³-hybridized carbons (Fsp3) is 0.208. The largest absolute Gasteiger partial charge is 0.494 e. The summed E-state index contributed by atoms with van der Waals surface area (Å²) in [5, 5.41) is 9.02. The molecule has 1 heterocycles. The van der Waals surface area contributed by atoms with Gasteiger partial charge >= 0.3 is 5.97 Å². The van der Waals surface area contributed by atoms with Gasteiger partial charge in [0.25, 0.3) is 0 Å². The van der Waals surface area contributed by atoms with Gasteiger partial charge in [0.1, 0.15) is 22.5 Å². The minimum absolute atomic E-state index is 0.397. The van der Waals surface area contributed by atoms with Crippen LogP contribution in [0.5, 0.6) is 11.5 Å². The number of fused-ring (bicyclic) bond motifs is 1. The Kier molecular flexibility index (Phi) is 5.75. The number of ether oxygens (including phenoxy) is 2. The molecule has 0 amide bonds. The van der Waals surface area contributed by atoms with Crippen molar-refractivity contribution in [2.75, 3.05) is 6.61 Å². The average Bonchev–Trinajstić information content (AvgIpc) is 3.20. The van der Waals surface area contributed by atoms with Gasteiger partial charge in [-0.3, -0.25) is 0 Å². The molecular weight excluding hydrogens is 378 g/mol. The summed E-state index contributed by atoms with van der Waals surface area (Å²) in [5.41, 5.74) is 3.62. The normalized spacial score (nSPS) is 10.9. The van der Waals surface area contributed by atoms with Crippen molar-refractivity contribution >= 4 is 17.0 Å². The highest BCUT2D eigenvalue weighted by molar-refractivity contribution is 5.91. The van der Waals surface area contributed by atoms with Crippen LogP contribution >= 0.6 is 0 Å². The first-order chi connectivity index (χ1) is 14.6. The third-order valence-electron chi connectivity index (χ3n) is 4.68. The molecule has 0 atom stereocenters. The lowest BCUT2D eigenvalue weighted by Gasteiger charge is -2.11. The Balaban J connectivity index is 1.56. The molecule has 0 unspecified atom stereocenters. The molecule has 0 bridgehead atoms. The molecule has 0 saturated carbocycles. The maximum atomic E-state index is 12.7. The molecule has 0 spiro atoms. The van der Waals surface area contributed by atoms with E-state index in [1.54, 1.807) is 30.3 Å². The number of nitrogens with zero attached hydrogens (tertiary/aromatic N) is 3. The standard InChI is InChI=1S/C24H23N3O3/c1-3-4-15-29-19-12-10-18(11-13-19)24(28)30-23-14-9-17(2)16-22(23)27-25-20-7-5-6-8-21(20)26-27/h5-14,16H,3-4,15H2,1-2H3. The van der Waals surface area contributed by atoms with Crippen LogP contribution in [0.15, 0.2) is 66.7 Å². The maximum Gasteiger partial charge on any atom is 0.343 e. The van der Waals surface area contributed by atoms with Crippen molar-refractivity contribution in [1.82, 2.24) is 15.0 Å². The van der Waals surface area contributed by atoms with Gasteiger partial charge in [-0.05, 0) is 67.4 Å². The second-order valence-electron chi connectivity index (χ2n) is 7.07. The van der Waals surface area contributed by atoms with Gasteiger partial charge in [-0.1, -0.05) is 31.5 Å². The van der Waals surface area contributed by atoms with Crippen LogP contribution in [-0.2, 0) is 0 Å². The summed E-state index contributed by atoms with van der Waals surface area (Å²) in [6.07, 6.45) is 2.07. The zero-order chi connectivity index (χ0) is 20.9. The first kappa shape index (κ1) is 19.6. The summed E-state index contributed by atoms with van der Waals surface area (Å²) >= 11 is 0. The lowest BCUT2D eigenvalue weighted by Crippen LogP contribution is -2.11. The quantitative estimate of drug-likeness (QED) is 0.244. The summed E-state index contributed by atoms with van der Waals surface area (Å²) in [5.74, 6) is 0.689. The van der Waals surface area contributed by atoms with Crippen LogP contribution < -0.4 is 9.47 Å². The van der Waals surface area contributed by atoms with E-state index in [-0.39, 0.29) is 0 Å². The molecule has 152 valence electrons. The molecule has 4 rings (SSSR count). The van der Waals surface area contributed by atoms with Crippen LogP contribution in [-0.4, -0.2) is 27.6 Å². The first-order valence-corrected chi connectivity index (χ1v) is 10.0. The van der Waals surface area contributed by atoms with Crippen molar-refractivity contribution in [3.63, 3.8) is 0 Å². The average molecular weight is 401 g/mol. The van der Waals surface area contributed by atoms with Crippen LogP contribution in [0, 0.1) is 6.92 Å². The number of benzene rings is 3. The minimum Gasteiger partial charge on any atom is -0.494 e. The van der Waals surface area contributed by atoms with Gasteiger partial charge in [0.05, 0.1) is 12.2 Å². The molecule has 0 radical (unpaired) electrons. The van der Waals surface area contributed by atoms with E-state index < -0.39 is 5.97 Å². The van der Waals surface area contributed by atoms with E-state index in [1.807, 2.05) is 43.3 Å². The number of aryl methyl sites for hydroxylation is 1. The van der Waals surface area contributed by atoms with Gasteiger partial charge in [0, 0.05) is 0 Å². The zero-order valence-electron chi connectivity index (χ0n) is 17.0. The van der Waals surface area contributed by atoms with E-state index in [9.17, 15) is 4.79 Å². The molecule has 0 aliphatic heterocycles. The van der Waals surface area contributed by atoms with E-state index in [0.717, 1.165) is 35.2 Å². The van der Waals surface area contributed by atoms with Crippen molar-refractivity contribution in [3.8, 4) is 17.2 Å². The highest BCUT2D eigenvalue weighted by Crippen LogP contribution is 2.25. The number of hydrogen-bond acceptors (Lipinski definition) is 5. The minimum atomic E-state index is -0.447. The van der Waals surface area contributed by atoms with Crippen LogP contribution in [0.3, 0.4) is 0 Å². The third kappa shape index (κ3) is 4.33. The number of rotatable bonds is 7. The Morgan fingerprint density at radius 1 is 0.967 bits per heavy atom. The molecule has 6 heteroatoms. The smallest absolute Gasteiger partial charge is 0.343 e. The molecule has 3 aromatic carbocycles. The molecule has 0 saturated heterocycles. The maximum absolute atomic E-state index is 12.7. The zero-order valence-corrected chi connectivity index (χ0v) is 17.0. The van der Waals surface area contributed by atoms with E-state index in [4.69, 9.17) is 9.47 Å². The molecule has 0 aliphatic carbocycles. The molecule has 1 aromatic heterocycles. The third-order valence-corrected chi connectivity index (χ3v) is 4.68. The fourth-order valence-electron chi connectivity index (χ4n) is 3.02. The Bertz CT molecular complexity index is 1130. The Labute approximate surface area is 175 Å². The SMILES string of the molecule is CCCCOc1ccc(C(=O)Oc2ccc(C)cc2-n2nc3ccccc3n2)cc1. The van der Waals surface area contributed by atoms with Gasteiger partial charge in [0.2, 0.25) is 0 Å². The topological polar surface area (TPSA) is 66.2 Å². The Morgan fingerprint density at radius 3 is 2.33 bits per heavy atom. The lowest BCUT2D eigenvalue weighted by molar-refractivity contribution is 0.0734. The number of hydrogen-bond donors (Lipinski definition) is 0. The second kappa shape index (κ2) is 8.78. The second-order valence-corrected chi connectivity index (χ2v) is 7.07. The van der Waals surface area contributed by atoms with Gasteiger partial charge in [-0.2, -0.15) is 0 Å². The highest BCUT2D eigenvalue weighted by atomic mass is 16.5. The molecule has 0 aliphatic rings. The first-order valence-electron chi connectivity index (χ1n) is 10.0. The monoisotopic (exact) mass is 401 g/mol. The molecule has 6 nitrogen and oxygen atoms in total. The summed E-state index contributed by atoms with van der Waals surface area (Å²) < 4.78 is 11.3. The predicted molar refractivity (Wildman–Crippen MR) is 115 cm³/mol. The van der Waals surface area contributed by atoms with Gasteiger partial charge in [-0.25, -0.2) is 4.79 Å². The number of esters is 1. The van der Waals surface area contributed by atoms with Crippen LogP contribution in [0.25, 0.3) is 16.7 Å². The molecule has 0 N–H and O–H groups in total. The summed E-state index contributed by atoms with van der Waals surface area (Å²) in [6.45, 7) is 4.75. The number of aromatic nitrogens is 3. The lowest BCUT2D eigenvalue weighted by atomic mass is 10.2. The summed E-state index contributed by atoms with van der Waals surface area (Å²) in [7, 11) is 0. The van der Waals surface area contributed by atoms with Crippen LogP contribution in [0.4, 0.5) is 0 Å². The van der Waals surface area contributed by atoms with E-state index in [0.29, 0.717) is 23.6 Å². The van der Waals surface area contributed by atoms with Gasteiger partial charge in [-0.15, -0.1) is 15.0 Å². The van der Waals surface area contributed by atoms with E-state index in [2.05, 4.69) is 17.1 Å². The number of unbranched alkanes of at least 4 members (excludes halogenated alkanes) is 1. The van der Waals surface area contributed by atoms with Crippen molar-refractivity contribution in [3.05, 3.63) is 77.9 Å². The van der Waals surface area contributed by atoms with Crippen LogP contribution in [0.2, 0.25) is 0 Å². The molecule has 4 aromatic rings. The van der Waals surface area contributed by atoms with E-state index >= 15 is 0 Å². The molecular formula is C24H23N3O3. The van der Waals surface area contributed by atoms with Crippen molar-refractivity contribution in [1.29, 1.82) is 0 Å². The summed E-state index contributed by atoms with van der Waals surface area (Å²) in [6, 6.07) is 20.1. The number of carbonyl (C=O) groups is 1. The van der Waals surface area contributed by atoms with Gasteiger partial charge in [0.15, 0.2) is 5.75 Å². The highest BCUT2D eigenvalue weighted by Gasteiger charge is 2.15. The van der Waals surface area contributed by atoms with Crippen LogP contribution in [0.1, 0.15) is 35.7 Å². The number of carbonyl (C=O) groups excluding carboxylic acids is 1. The predicted octanol–water partition coefficient (Wildman–Crippen LogP) is 5.13. The Hall–Kier alpha value is -3.67. The molecule has 0 fully saturated rings. The van der Waals surface area contributed by atoms with Crippen molar-refractivity contribution < 1.29 is 14.3 Å². The summed E-state index contributed by atoms with van der Waals surface area (Å²) in [4.78, 5) is 14.2. The Morgan fingerprint density at radius 2 is 1.67 bits per heavy atom. The molecule has 30 heavy (non-hydrogen) atoms. The fourth-order valence-corrected chi connectivity index (χ4v) is 3.02. The van der Waals surface area contributed by atoms with Gasteiger partial charge < -0.3 is 9.47 Å². The van der Waals surface area contributed by atoms with Crippen molar-refractivity contribution in [2.24, 2.45) is 0 Å². The van der Waals surface area contributed by atoms with E-state index in [1.165, 1.54) is 4.80 Å².